The number of rotatable bonds is 3. The van der Waals surface area contributed by atoms with Crippen molar-refractivity contribution >= 4 is 32.7 Å². The fourth-order valence-corrected chi connectivity index (χ4v) is 6.35. The van der Waals surface area contributed by atoms with Gasteiger partial charge in [0.15, 0.2) is 0 Å². The van der Waals surface area contributed by atoms with Crippen LogP contribution in [0.5, 0.6) is 0 Å². The third-order valence-corrected chi connectivity index (χ3v) is 8.67. The average Bonchev–Trinajstić information content (AvgIpc) is 3.53. The van der Waals surface area contributed by atoms with Gasteiger partial charge >= 0.3 is 0 Å². The van der Waals surface area contributed by atoms with Gasteiger partial charge in [0.1, 0.15) is 0 Å². The summed E-state index contributed by atoms with van der Waals surface area (Å²) in [6.45, 7) is 13.7. The Labute approximate surface area is 248 Å². The summed E-state index contributed by atoms with van der Waals surface area (Å²) in [7, 11) is 0. The number of hydrogen-bond donors (Lipinski definition) is 1. The molecule has 0 fully saturated rings. The second-order valence-corrected chi connectivity index (χ2v) is 13.6. The van der Waals surface area contributed by atoms with E-state index in [0.29, 0.717) is 0 Å². The van der Waals surface area contributed by atoms with E-state index in [4.69, 9.17) is 0 Å². The molecule has 0 aliphatic heterocycles. The summed E-state index contributed by atoms with van der Waals surface area (Å²) in [5.41, 5.74) is 12.4. The Kier molecular flexibility index (Phi) is 5.95. The highest BCUT2D eigenvalue weighted by atomic mass is 15.0. The van der Waals surface area contributed by atoms with Crippen molar-refractivity contribution in [3.63, 3.8) is 0 Å². The lowest BCUT2D eigenvalue weighted by Crippen LogP contribution is -2.11. The molecule has 1 N–H and O–H groups in total. The first-order valence-corrected chi connectivity index (χ1v) is 15.0. The molecule has 0 spiro atoms. The smallest absolute Gasteiger partial charge is 0.0641 e. The van der Waals surface area contributed by atoms with Crippen LogP contribution in [0, 0.1) is 0 Å². The molecular weight excluding hydrogens is 508 g/mol. The SMILES string of the molecule is CC(C)(C)c1ccc(-n2c3ccc(C(C)(C)C)cc3c3ccc4[nH]c(-c5ccccc5)c(-c5ccccc5)c4c32)cc1. The summed E-state index contributed by atoms with van der Waals surface area (Å²) in [4.78, 5) is 3.85. The summed E-state index contributed by atoms with van der Waals surface area (Å²) in [5.74, 6) is 0. The minimum absolute atomic E-state index is 0.0604. The largest absolute Gasteiger partial charge is 0.354 e. The molecule has 42 heavy (non-hydrogen) atoms. The van der Waals surface area contributed by atoms with Crippen LogP contribution in [0.25, 0.3) is 60.8 Å². The van der Waals surface area contributed by atoms with Gasteiger partial charge in [0.2, 0.25) is 0 Å². The Hall–Kier alpha value is -4.56. The van der Waals surface area contributed by atoms with Crippen molar-refractivity contribution in [3.05, 3.63) is 126 Å². The zero-order valence-electron chi connectivity index (χ0n) is 25.4. The van der Waals surface area contributed by atoms with Crippen molar-refractivity contribution in [3.8, 4) is 28.1 Å². The molecule has 0 aliphatic carbocycles. The van der Waals surface area contributed by atoms with Crippen molar-refractivity contribution in [2.24, 2.45) is 0 Å². The molecule has 0 saturated carbocycles. The summed E-state index contributed by atoms with van der Waals surface area (Å²) < 4.78 is 2.49. The van der Waals surface area contributed by atoms with E-state index in [1.54, 1.807) is 0 Å². The maximum atomic E-state index is 3.85. The lowest BCUT2D eigenvalue weighted by Gasteiger charge is -2.20. The van der Waals surface area contributed by atoms with Gasteiger partial charge in [-0.25, -0.2) is 0 Å². The van der Waals surface area contributed by atoms with Crippen molar-refractivity contribution in [2.45, 2.75) is 52.4 Å². The molecule has 0 atom stereocenters. The molecule has 5 aromatic carbocycles. The number of hydrogen-bond acceptors (Lipinski definition) is 0. The maximum absolute atomic E-state index is 3.85. The van der Waals surface area contributed by atoms with Crippen LogP contribution in [0.3, 0.4) is 0 Å². The fraction of sp³-hybridized carbons (Fsp3) is 0.200. The number of nitrogens with one attached hydrogen (secondary N) is 1. The Bertz CT molecular complexity index is 2060. The number of fused-ring (bicyclic) bond motifs is 5. The van der Waals surface area contributed by atoms with Gasteiger partial charge in [0.05, 0.1) is 16.7 Å². The van der Waals surface area contributed by atoms with Crippen LogP contribution in [0.15, 0.2) is 115 Å². The Morgan fingerprint density at radius 1 is 0.548 bits per heavy atom. The van der Waals surface area contributed by atoms with E-state index in [0.717, 1.165) is 11.2 Å². The molecular formula is C40H38N2. The topological polar surface area (TPSA) is 20.7 Å². The molecule has 2 nitrogen and oxygen atoms in total. The lowest BCUT2D eigenvalue weighted by molar-refractivity contribution is 0.590. The summed E-state index contributed by atoms with van der Waals surface area (Å²) in [5, 5.41) is 3.82. The van der Waals surface area contributed by atoms with Crippen molar-refractivity contribution in [2.75, 3.05) is 0 Å². The normalized spacial score (nSPS) is 12.5. The van der Waals surface area contributed by atoms with E-state index in [9.17, 15) is 0 Å². The molecule has 7 rings (SSSR count). The first-order chi connectivity index (χ1) is 20.1. The number of nitrogens with zero attached hydrogens (tertiary/aromatic N) is 1. The van der Waals surface area contributed by atoms with Crippen molar-refractivity contribution in [1.29, 1.82) is 0 Å². The highest BCUT2D eigenvalue weighted by molar-refractivity contribution is 6.23. The van der Waals surface area contributed by atoms with E-state index in [-0.39, 0.29) is 10.8 Å². The average molecular weight is 547 g/mol. The third-order valence-electron chi connectivity index (χ3n) is 8.67. The van der Waals surface area contributed by atoms with E-state index >= 15 is 0 Å². The predicted molar refractivity (Wildman–Crippen MR) is 181 cm³/mol. The molecule has 0 radical (unpaired) electrons. The van der Waals surface area contributed by atoms with Crippen LogP contribution in [0.1, 0.15) is 52.7 Å². The second kappa shape index (κ2) is 9.49. The summed E-state index contributed by atoms with van der Waals surface area (Å²) in [6, 6.07) is 42.4. The van der Waals surface area contributed by atoms with Crippen molar-refractivity contribution < 1.29 is 0 Å². The number of aromatic nitrogens is 2. The summed E-state index contributed by atoms with van der Waals surface area (Å²) in [6.07, 6.45) is 0. The first-order valence-electron chi connectivity index (χ1n) is 15.0. The zero-order valence-corrected chi connectivity index (χ0v) is 25.4. The number of aromatic amines is 1. The molecule has 208 valence electrons. The standard InChI is InChI=1S/C40H38N2/c1-39(2,3)28-17-20-30(21-18-28)42-34-24-19-29(40(4,5)6)25-32(34)31-22-23-33-36(38(31)42)35(26-13-9-7-10-14-26)37(41-33)27-15-11-8-12-16-27/h7-25,41H,1-6H3. The van der Waals surface area contributed by atoms with E-state index in [2.05, 4.69) is 166 Å². The first kappa shape index (κ1) is 26.3. The monoisotopic (exact) mass is 546 g/mol. The molecule has 0 aliphatic rings. The van der Waals surface area contributed by atoms with Crippen LogP contribution in [0.4, 0.5) is 0 Å². The van der Waals surface area contributed by atoms with Gasteiger partial charge in [-0.3, -0.25) is 0 Å². The Morgan fingerprint density at radius 2 is 1.14 bits per heavy atom. The van der Waals surface area contributed by atoms with Gasteiger partial charge in [-0.05, 0) is 63.4 Å². The van der Waals surface area contributed by atoms with E-state index in [1.165, 1.54) is 60.7 Å². The second-order valence-electron chi connectivity index (χ2n) is 13.6. The van der Waals surface area contributed by atoms with Crippen LogP contribution in [-0.2, 0) is 10.8 Å². The van der Waals surface area contributed by atoms with Crippen LogP contribution < -0.4 is 0 Å². The van der Waals surface area contributed by atoms with Gasteiger partial charge < -0.3 is 9.55 Å². The van der Waals surface area contributed by atoms with E-state index in [1.807, 2.05) is 0 Å². The minimum atomic E-state index is 0.0604. The van der Waals surface area contributed by atoms with Gasteiger partial charge in [-0.1, -0.05) is 126 Å². The molecule has 0 bridgehead atoms. The minimum Gasteiger partial charge on any atom is -0.354 e. The molecule has 0 saturated heterocycles. The maximum Gasteiger partial charge on any atom is 0.0641 e. The lowest BCUT2D eigenvalue weighted by atomic mass is 9.86. The molecule has 7 aromatic rings. The molecule has 2 aromatic heterocycles. The Morgan fingerprint density at radius 3 is 1.76 bits per heavy atom. The predicted octanol–water partition coefficient (Wildman–Crippen LogP) is 11.2. The van der Waals surface area contributed by atoms with Crippen LogP contribution in [0.2, 0.25) is 0 Å². The molecule has 2 heterocycles. The van der Waals surface area contributed by atoms with Gasteiger partial charge in [-0.15, -0.1) is 0 Å². The number of H-pyrrole nitrogens is 1. The third kappa shape index (κ3) is 4.25. The van der Waals surface area contributed by atoms with Crippen molar-refractivity contribution in [1.82, 2.24) is 9.55 Å². The number of benzene rings is 5. The van der Waals surface area contributed by atoms with E-state index < -0.39 is 0 Å². The van der Waals surface area contributed by atoms with Crippen LogP contribution in [-0.4, -0.2) is 9.55 Å². The highest BCUT2D eigenvalue weighted by Crippen LogP contribution is 2.45. The van der Waals surface area contributed by atoms with Gasteiger partial charge in [0.25, 0.3) is 0 Å². The quantitative estimate of drug-likeness (QED) is 0.227. The molecule has 0 amide bonds. The molecule has 0 unspecified atom stereocenters. The fourth-order valence-electron chi connectivity index (χ4n) is 6.35. The Balaban J connectivity index is 1.66. The highest BCUT2D eigenvalue weighted by Gasteiger charge is 2.24. The zero-order chi connectivity index (χ0) is 29.2. The van der Waals surface area contributed by atoms with Gasteiger partial charge in [-0.2, -0.15) is 0 Å². The van der Waals surface area contributed by atoms with Gasteiger partial charge in [0, 0.05) is 32.9 Å². The van der Waals surface area contributed by atoms with Crippen LogP contribution >= 0.6 is 0 Å². The summed E-state index contributed by atoms with van der Waals surface area (Å²) >= 11 is 0. The molecule has 2 heteroatoms.